The Kier molecular flexibility index (Phi) is 10.8. The van der Waals surface area contributed by atoms with Gasteiger partial charge in [-0.15, -0.1) is 4.68 Å². The second kappa shape index (κ2) is 17.2. The smallest absolute Gasteiger partial charge is 0.408 e. The molecule has 0 unspecified atom stereocenters. The molecule has 2 bridgehead atoms. The molecule has 6 atom stereocenters. The number of alkyl halides is 2. The quantitative estimate of drug-likeness (QED) is 0.0611. The number of fused-ring (bicyclic) bond motifs is 2. The number of carbonyl (C=O) groups is 2. The number of aromatic amines is 2. The van der Waals surface area contributed by atoms with Crippen LogP contribution in [0.5, 0.6) is 0 Å². The number of ether oxygens (including phenoxy) is 4. The van der Waals surface area contributed by atoms with Crippen LogP contribution in [0.1, 0.15) is 86.5 Å². The Balaban J connectivity index is 0.853. The molecule has 7 heterocycles. The van der Waals surface area contributed by atoms with E-state index in [4.69, 9.17) is 35.5 Å². The normalized spacial score (nSPS) is 25.8. The van der Waals surface area contributed by atoms with Gasteiger partial charge < -0.3 is 34.9 Å². The number of halogens is 3. The molecule has 21 nitrogen and oxygen atoms in total. The third-order valence-corrected chi connectivity index (χ3v) is 14.4. The lowest BCUT2D eigenvalue weighted by atomic mass is 9.50. The number of aromatic nitrogens is 10. The SMILES string of the molecule is COCc1cn2c(Nc3cc([C@H]4CC[C@@H](OC(=O)NC56CC(C5)C6)[C@@H]4F)[nH][n+]3-c3cc(C#N)cc(-c4cn5nc(Cl)cc5c(Nc5cc([C@H]6OC[C@@H](OC(=O)NC7(C)CC7)[C@H]6F)[nH]n5)n4)c3)nccc2n1. The lowest BCUT2D eigenvalue weighted by Gasteiger charge is -2.61. The van der Waals surface area contributed by atoms with Crippen LogP contribution in [-0.2, 0) is 25.6 Å². The van der Waals surface area contributed by atoms with Crippen LogP contribution >= 0.6 is 11.6 Å². The minimum absolute atomic E-state index is 0.139. The second-order valence-corrected chi connectivity index (χ2v) is 19.9. The zero-order valence-electron chi connectivity index (χ0n) is 38.3. The molecule has 0 spiro atoms. The molecule has 0 radical (unpaired) electrons. The lowest BCUT2D eigenvalue weighted by Crippen LogP contribution is -2.68. The highest BCUT2D eigenvalue weighted by atomic mass is 35.5. The Hall–Kier alpha value is -7.42. The van der Waals surface area contributed by atoms with Crippen LogP contribution in [-0.4, -0.2) is 106 Å². The third kappa shape index (κ3) is 8.48. The van der Waals surface area contributed by atoms with Crippen LogP contribution in [0.15, 0.2) is 61.1 Å². The van der Waals surface area contributed by atoms with Gasteiger partial charge in [-0.3, -0.25) is 5.10 Å². The van der Waals surface area contributed by atoms with Crippen molar-refractivity contribution in [3.8, 4) is 23.0 Å². The molecule has 7 aromatic rings. The number of methoxy groups -OCH3 is 1. The van der Waals surface area contributed by atoms with Gasteiger partial charge in [0.05, 0.1) is 59.9 Å². The van der Waals surface area contributed by atoms with E-state index in [-0.39, 0.29) is 46.6 Å². The maximum Gasteiger partial charge on any atom is 0.408 e. The molecular formula is C47H47ClF2N15O6+. The number of nitriles is 1. The van der Waals surface area contributed by atoms with Crippen molar-refractivity contribution in [3.63, 3.8) is 0 Å². The molecule has 71 heavy (non-hydrogen) atoms. The van der Waals surface area contributed by atoms with Crippen molar-refractivity contribution in [1.29, 1.82) is 5.26 Å². The number of alkyl carbamates (subject to hydrolysis) is 2. The number of nitrogens with zero attached hydrogens (tertiary/aromatic N) is 9. The summed E-state index contributed by atoms with van der Waals surface area (Å²) in [4.78, 5) is 39.5. The van der Waals surface area contributed by atoms with Crippen LogP contribution in [0.4, 0.5) is 41.8 Å². The number of hydrogen-bond donors (Lipinski definition) is 6. The first-order valence-electron chi connectivity index (χ1n) is 23.4. The first-order chi connectivity index (χ1) is 34.3. The summed E-state index contributed by atoms with van der Waals surface area (Å²) in [5.41, 5.74) is 3.65. The molecule has 6 N–H and O–H groups in total. The summed E-state index contributed by atoms with van der Waals surface area (Å²) in [6.07, 6.45) is 2.65. The minimum atomic E-state index is -1.67. The topological polar surface area (TPSA) is 252 Å². The molecule has 1 aromatic carbocycles. The number of hydrogen-bond acceptors (Lipinski definition) is 14. The number of benzene rings is 1. The zero-order chi connectivity index (χ0) is 48.8. The minimum Gasteiger partial charge on any atom is -0.443 e. The highest BCUT2D eigenvalue weighted by molar-refractivity contribution is 6.29. The number of H-pyrrole nitrogens is 2. The summed E-state index contributed by atoms with van der Waals surface area (Å²) in [7, 11) is 1.58. The number of nitrogens with one attached hydrogen (secondary N) is 6. The Morgan fingerprint density at radius 2 is 1.82 bits per heavy atom. The zero-order valence-corrected chi connectivity index (χ0v) is 39.0. The van der Waals surface area contributed by atoms with Crippen LogP contribution in [0, 0.1) is 17.2 Å². The predicted molar refractivity (Wildman–Crippen MR) is 248 cm³/mol. The Labute approximate surface area is 407 Å². The summed E-state index contributed by atoms with van der Waals surface area (Å²) < 4.78 is 59.3. The Morgan fingerprint density at radius 3 is 2.59 bits per heavy atom. The molecule has 24 heteroatoms. The van der Waals surface area contributed by atoms with E-state index in [1.807, 2.05) is 6.92 Å². The van der Waals surface area contributed by atoms with E-state index in [1.165, 1.54) is 4.52 Å². The molecule has 2 amide bonds. The molecule has 13 rings (SSSR count). The molecular weight excluding hydrogens is 944 g/mol. The molecule has 6 aliphatic rings. The van der Waals surface area contributed by atoms with Gasteiger partial charge in [-0.05, 0) is 69.9 Å². The largest absolute Gasteiger partial charge is 0.443 e. The Morgan fingerprint density at radius 1 is 1.00 bits per heavy atom. The summed E-state index contributed by atoms with van der Waals surface area (Å²) in [5.74, 6) is 1.35. The number of imidazole rings is 1. The molecule has 5 aliphatic carbocycles. The van der Waals surface area contributed by atoms with Crippen molar-refractivity contribution in [2.45, 2.75) is 106 Å². The van der Waals surface area contributed by atoms with Gasteiger partial charge in [0.1, 0.15) is 29.5 Å². The van der Waals surface area contributed by atoms with Crippen molar-refractivity contribution < 1.29 is 42.0 Å². The number of amides is 2. The lowest BCUT2D eigenvalue weighted by molar-refractivity contribution is -0.641. The summed E-state index contributed by atoms with van der Waals surface area (Å²) in [5, 5.41) is 38.0. The summed E-state index contributed by atoms with van der Waals surface area (Å²) in [6, 6.07) is 14.1. The van der Waals surface area contributed by atoms with E-state index in [0.29, 0.717) is 75.7 Å². The maximum atomic E-state index is 16.5. The van der Waals surface area contributed by atoms with Gasteiger partial charge in [0.2, 0.25) is 0 Å². The van der Waals surface area contributed by atoms with E-state index < -0.39 is 48.8 Å². The molecule has 6 fully saturated rings. The second-order valence-electron chi connectivity index (χ2n) is 19.5. The van der Waals surface area contributed by atoms with Crippen molar-refractivity contribution in [2.24, 2.45) is 5.92 Å². The van der Waals surface area contributed by atoms with Crippen molar-refractivity contribution in [1.82, 2.24) is 54.9 Å². The first kappa shape index (κ1) is 44.8. The monoisotopic (exact) mass is 990 g/mol. The van der Waals surface area contributed by atoms with Gasteiger partial charge in [-0.2, -0.15) is 15.5 Å². The summed E-state index contributed by atoms with van der Waals surface area (Å²) in [6.45, 7) is 2.04. The van der Waals surface area contributed by atoms with Crippen molar-refractivity contribution in [2.75, 3.05) is 24.4 Å². The van der Waals surface area contributed by atoms with Crippen LogP contribution in [0.2, 0.25) is 5.15 Å². The van der Waals surface area contributed by atoms with Crippen LogP contribution < -0.4 is 25.9 Å². The van der Waals surface area contributed by atoms with Gasteiger partial charge in [-0.25, -0.2) is 52.7 Å². The molecule has 1 saturated heterocycles. The van der Waals surface area contributed by atoms with Gasteiger partial charge in [0.25, 0.3) is 0 Å². The first-order valence-corrected chi connectivity index (χ1v) is 23.7. The van der Waals surface area contributed by atoms with Crippen LogP contribution in [0.3, 0.4) is 0 Å². The fourth-order valence-corrected chi connectivity index (χ4v) is 10.4. The molecule has 6 aromatic heterocycles. The summed E-state index contributed by atoms with van der Waals surface area (Å²) >= 11 is 6.44. The van der Waals surface area contributed by atoms with Crippen molar-refractivity contribution in [3.05, 3.63) is 88.9 Å². The number of carbonyl (C=O) groups excluding carboxylic acids is 2. The predicted octanol–water partition coefficient (Wildman–Crippen LogP) is 6.85. The molecule has 366 valence electrons. The van der Waals surface area contributed by atoms with E-state index >= 15 is 8.78 Å². The molecule has 5 saturated carbocycles. The Bertz CT molecular complexity index is 3270. The highest BCUT2D eigenvalue weighted by Gasteiger charge is 2.58. The molecule has 1 aliphatic heterocycles. The van der Waals surface area contributed by atoms with E-state index in [9.17, 15) is 14.9 Å². The van der Waals surface area contributed by atoms with Gasteiger partial charge in [0, 0.05) is 66.3 Å². The standard InChI is InChI=1S/C47H46ClF2N15O6/c1-46(6-7-46)57-44(66)71-34-22-69-41(40(34)50)30-12-36(60-59-30)55-42-32-14-35(48)62-64(32)20-31(54-42)25-9-23(18-51)10-27(11-25)65-38(56-43-52-8-5-37-53-26(21-68-2)19-63(37)43)13-29(61-65)28-3-4-33(39(28)49)70-45(67)58-47-15-24(16-47)17-47/h5,8-14,19-20,24,28,33-34,39-41H,3-4,6-7,15-17,21-22H2,1-2H3,(H5,52,53,54,55,56,57,58,59,60,61,62,66,67)/p+1/t24?,28-,33-,34-,39-,40-,41-,47?/m1/s1. The average Bonchev–Trinajstić information content (AvgIpc) is 4.02. The number of anilines is 4. The van der Waals surface area contributed by atoms with Gasteiger partial charge in [0.15, 0.2) is 34.8 Å². The van der Waals surface area contributed by atoms with Gasteiger partial charge in [-0.1, -0.05) is 11.6 Å². The average molecular weight is 991 g/mol. The number of rotatable bonds is 14. The fourth-order valence-electron chi connectivity index (χ4n) is 10.2. The van der Waals surface area contributed by atoms with E-state index in [1.54, 1.807) is 77.2 Å². The van der Waals surface area contributed by atoms with Gasteiger partial charge >= 0.3 is 24.0 Å². The maximum absolute atomic E-state index is 16.5. The van der Waals surface area contributed by atoms with Crippen molar-refractivity contribution >= 4 is 58.4 Å². The van der Waals surface area contributed by atoms with E-state index in [0.717, 1.165) is 32.1 Å². The van der Waals surface area contributed by atoms with E-state index in [2.05, 4.69) is 57.7 Å². The highest BCUT2D eigenvalue weighted by Crippen LogP contribution is 2.57. The fraction of sp³-hybridized carbons (Fsp3) is 0.426. The van der Waals surface area contributed by atoms with Crippen LogP contribution in [0.25, 0.3) is 28.1 Å². The third-order valence-electron chi connectivity index (χ3n) is 14.2.